The molecule has 3 nitrogen and oxygen atoms in total. The molecule has 0 saturated carbocycles. The van der Waals surface area contributed by atoms with E-state index >= 15 is 0 Å². The van der Waals surface area contributed by atoms with E-state index in [1.165, 1.54) is 0 Å². The molecule has 0 spiro atoms. The van der Waals surface area contributed by atoms with E-state index in [0.717, 1.165) is 0 Å². The van der Waals surface area contributed by atoms with E-state index in [0.29, 0.717) is 6.92 Å². The van der Waals surface area contributed by atoms with Crippen LogP contribution in [0.2, 0.25) is 0 Å². The third kappa shape index (κ3) is 3.67. The van der Waals surface area contributed by atoms with Gasteiger partial charge in [-0.15, -0.1) is 0 Å². The van der Waals surface area contributed by atoms with Gasteiger partial charge in [0.15, 0.2) is 15.1 Å². The van der Waals surface area contributed by atoms with Crippen LogP contribution >= 0.6 is 0 Å². The molecule has 0 heterocycles. The molecule has 0 aliphatic heterocycles. The molecule has 1 N–H and O–H groups in total. The van der Waals surface area contributed by atoms with E-state index in [2.05, 4.69) is 6.58 Å². The third-order valence-corrected chi connectivity index (χ3v) is 3.45. The van der Waals surface area contributed by atoms with E-state index in [1.54, 1.807) is 0 Å². The molecular weight excluding hydrogens is 209 g/mol. The highest BCUT2D eigenvalue weighted by Crippen LogP contribution is 2.26. The summed E-state index contributed by atoms with van der Waals surface area (Å²) in [5.41, 5.74) is 0. The Hall–Kier alpha value is -0.720. The number of hydrogen-bond donors (Lipinski definition) is 1. The summed E-state index contributed by atoms with van der Waals surface area (Å²) in [6, 6.07) is 0. The van der Waals surface area contributed by atoms with Crippen LogP contribution in [-0.4, -0.2) is 30.7 Å². The average Bonchev–Trinajstić information content (AvgIpc) is 1.80. The molecule has 0 aromatic carbocycles. The molecule has 0 saturated heterocycles. The van der Waals surface area contributed by atoms with Gasteiger partial charge >= 0.3 is 6.18 Å². The lowest BCUT2D eigenvalue weighted by Crippen LogP contribution is -2.35. The molecule has 0 unspecified atom stereocenters. The average molecular weight is 218 g/mol. The number of hydrogen-bond acceptors (Lipinski definition) is 3. The summed E-state index contributed by atoms with van der Waals surface area (Å²) in [5, 5.41) is 5.98. The SMILES string of the molecule is C=C(O)CS(=O)(=O)[C@@H](C)C(F)(F)F. The fraction of sp³-hybridized carbons (Fsp3) is 0.667. The van der Waals surface area contributed by atoms with Gasteiger partial charge in [-0.2, -0.15) is 13.2 Å². The summed E-state index contributed by atoms with van der Waals surface area (Å²) >= 11 is 0. The van der Waals surface area contributed by atoms with Crippen LogP contribution in [0.4, 0.5) is 13.2 Å². The van der Waals surface area contributed by atoms with Gasteiger partial charge in [-0.05, 0) is 6.92 Å². The summed E-state index contributed by atoms with van der Waals surface area (Å²) in [6.45, 7) is 3.34. The Labute approximate surface area is 73.8 Å². The maximum atomic E-state index is 11.9. The Morgan fingerprint density at radius 1 is 1.54 bits per heavy atom. The van der Waals surface area contributed by atoms with Gasteiger partial charge in [-0.1, -0.05) is 6.58 Å². The molecule has 0 aromatic heterocycles. The second-order valence-electron chi connectivity index (χ2n) is 2.56. The predicted octanol–water partition coefficient (Wildman–Crippen LogP) is 1.42. The molecule has 1 atom stereocenters. The van der Waals surface area contributed by atoms with Gasteiger partial charge in [0.05, 0.1) is 0 Å². The first-order valence-corrected chi connectivity index (χ1v) is 4.94. The summed E-state index contributed by atoms with van der Waals surface area (Å²) in [7, 11) is -4.39. The van der Waals surface area contributed by atoms with Crippen molar-refractivity contribution >= 4 is 9.84 Å². The zero-order valence-electron chi connectivity index (χ0n) is 6.80. The quantitative estimate of drug-likeness (QED) is 0.729. The van der Waals surface area contributed by atoms with Crippen LogP contribution in [-0.2, 0) is 9.84 Å². The van der Waals surface area contributed by atoms with Gasteiger partial charge in [0.2, 0.25) is 0 Å². The van der Waals surface area contributed by atoms with Gasteiger partial charge in [0, 0.05) is 0 Å². The van der Waals surface area contributed by atoms with Gasteiger partial charge in [0.25, 0.3) is 0 Å². The largest absolute Gasteiger partial charge is 0.512 e. The number of alkyl halides is 3. The first-order chi connectivity index (χ1) is 5.57. The Morgan fingerprint density at radius 2 is 1.92 bits per heavy atom. The molecule has 0 rings (SSSR count). The van der Waals surface area contributed by atoms with Crippen molar-refractivity contribution < 1.29 is 26.7 Å². The van der Waals surface area contributed by atoms with Crippen LogP contribution in [0.1, 0.15) is 6.92 Å². The fourth-order valence-corrected chi connectivity index (χ4v) is 1.68. The zero-order valence-corrected chi connectivity index (χ0v) is 7.61. The van der Waals surface area contributed by atoms with Crippen molar-refractivity contribution in [3.05, 3.63) is 12.3 Å². The zero-order chi connectivity index (χ0) is 10.9. The minimum absolute atomic E-state index is 0.526. The van der Waals surface area contributed by atoms with Crippen LogP contribution in [0.15, 0.2) is 12.3 Å². The molecule has 13 heavy (non-hydrogen) atoms. The Bertz CT molecular complexity index is 291. The molecule has 0 aromatic rings. The minimum Gasteiger partial charge on any atom is -0.512 e. The van der Waals surface area contributed by atoms with Crippen molar-refractivity contribution in [1.29, 1.82) is 0 Å². The fourth-order valence-electron chi connectivity index (χ4n) is 0.561. The number of rotatable bonds is 3. The normalized spacial score (nSPS) is 15.4. The molecule has 0 amide bonds. The van der Waals surface area contributed by atoms with Crippen LogP contribution in [0.25, 0.3) is 0 Å². The van der Waals surface area contributed by atoms with Gasteiger partial charge in [0.1, 0.15) is 11.5 Å². The summed E-state index contributed by atoms with van der Waals surface area (Å²) in [4.78, 5) is 0. The molecule has 7 heteroatoms. The lowest BCUT2D eigenvalue weighted by Gasteiger charge is -2.15. The molecule has 78 valence electrons. The van der Waals surface area contributed by atoms with Crippen LogP contribution in [0.5, 0.6) is 0 Å². The van der Waals surface area contributed by atoms with Crippen LogP contribution < -0.4 is 0 Å². The number of aliphatic hydroxyl groups excluding tert-OH is 1. The van der Waals surface area contributed by atoms with Crippen molar-refractivity contribution in [2.45, 2.75) is 18.3 Å². The summed E-state index contributed by atoms with van der Waals surface area (Å²) in [5.74, 6) is -1.86. The minimum atomic E-state index is -4.81. The van der Waals surface area contributed by atoms with Crippen molar-refractivity contribution in [3.8, 4) is 0 Å². The van der Waals surface area contributed by atoms with Crippen LogP contribution in [0.3, 0.4) is 0 Å². The maximum absolute atomic E-state index is 11.9. The lowest BCUT2D eigenvalue weighted by molar-refractivity contribution is -0.126. The molecule has 0 aliphatic carbocycles. The highest BCUT2D eigenvalue weighted by atomic mass is 32.2. The molecule has 0 bridgehead atoms. The highest BCUT2D eigenvalue weighted by molar-refractivity contribution is 7.92. The maximum Gasteiger partial charge on any atom is 0.405 e. The van der Waals surface area contributed by atoms with Crippen LogP contribution in [0, 0.1) is 0 Å². The Balaban J connectivity index is 4.77. The second kappa shape index (κ2) is 3.57. The van der Waals surface area contributed by atoms with Gasteiger partial charge < -0.3 is 5.11 Å². The summed E-state index contributed by atoms with van der Waals surface area (Å²) in [6.07, 6.45) is -4.81. The number of sulfone groups is 1. The topological polar surface area (TPSA) is 54.4 Å². The van der Waals surface area contributed by atoms with Crippen molar-refractivity contribution in [1.82, 2.24) is 0 Å². The second-order valence-corrected chi connectivity index (χ2v) is 4.88. The monoisotopic (exact) mass is 218 g/mol. The van der Waals surface area contributed by atoms with Gasteiger partial charge in [-0.25, -0.2) is 8.42 Å². The lowest BCUT2D eigenvalue weighted by atomic mass is 10.5. The van der Waals surface area contributed by atoms with E-state index in [4.69, 9.17) is 5.11 Å². The number of halogens is 3. The molecule has 0 fully saturated rings. The molecule has 0 aliphatic rings. The van der Waals surface area contributed by atoms with E-state index < -0.39 is 32.8 Å². The van der Waals surface area contributed by atoms with Crippen molar-refractivity contribution in [2.24, 2.45) is 0 Å². The number of aliphatic hydroxyl groups is 1. The smallest absolute Gasteiger partial charge is 0.405 e. The summed E-state index contributed by atoms with van der Waals surface area (Å²) < 4.78 is 57.4. The first kappa shape index (κ1) is 12.3. The van der Waals surface area contributed by atoms with Crippen molar-refractivity contribution in [2.75, 3.05) is 5.75 Å². The van der Waals surface area contributed by atoms with Crippen molar-refractivity contribution in [3.63, 3.8) is 0 Å². The first-order valence-electron chi connectivity index (χ1n) is 3.22. The Kier molecular flexibility index (Phi) is 3.37. The predicted molar refractivity (Wildman–Crippen MR) is 41.1 cm³/mol. The molecular formula is C6H9F3O3S. The molecule has 0 radical (unpaired) electrons. The Morgan fingerprint density at radius 3 is 2.15 bits per heavy atom. The van der Waals surface area contributed by atoms with E-state index in [-0.39, 0.29) is 0 Å². The third-order valence-electron chi connectivity index (χ3n) is 1.37. The highest BCUT2D eigenvalue weighted by Gasteiger charge is 2.44. The van der Waals surface area contributed by atoms with Gasteiger partial charge in [-0.3, -0.25) is 0 Å². The standard InChI is InChI=1S/C6H9F3O3S/c1-4(10)3-13(11,12)5(2)6(7,8)9/h5,10H,1,3H2,2H3/t5-/m0/s1. The van der Waals surface area contributed by atoms with E-state index in [1.807, 2.05) is 0 Å². The van der Waals surface area contributed by atoms with E-state index in [9.17, 15) is 21.6 Å².